The van der Waals surface area contributed by atoms with Crippen LogP contribution in [0.4, 0.5) is 0 Å². The van der Waals surface area contributed by atoms with Crippen molar-refractivity contribution in [3.8, 4) is 0 Å². The molecule has 2 nitrogen and oxygen atoms in total. The zero-order chi connectivity index (χ0) is 14.4. The van der Waals surface area contributed by atoms with Crippen LogP contribution in [0.3, 0.4) is 0 Å². The van der Waals surface area contributed by atoms with Gasteiger partial charge in [0.05, 0.1) is 0 Å². The molecule has 0 saturated carbocycles. The normalized spacial score (nSPS) is 11.0. The van der Waals surface area contributed by atoms with Gasteiger partial charge in [-0.2, -0.15) is 0 Å². The molecule has 0 aliphatic rings. The molecule has 0 heterocycles. The summed E-state index contributed by atoms with van der Waals surface area (Å²) < 4.78 is 1.18. The average Bonchev–Trinajstić information content (AvgIpc) is 2.48. The lowest BCUT2D eigenvalue weighted by atomic mass is 10.0. The summed E-state index contributed by atoms with van der Waals surface area (Å²) in [7, 11) is 2.16. The summed E-state index contributed by atoms with van der Waals surface area (Å²) in [6.45, 7) is 2.59. The number of rotatable bonds is 6. The first-order valence-corrected chi connectivity index (χ1v) is 7.69. The Morgan fingerprint density at radius 1 is 0.950 bits per heavy atom. The lowest BCUT2D eigenvalue weighted by molar-refractivity contribution is 0.330. The van der Waals surface area contributed by atoms with Crippen molar-refractivity contribution in [1.29, 1.82) is 0 Å². The molecule has 2 N–H and O–H groups in total. The van der Waals surface area contributed by atoms with E-state index in [1.807, 2.05) is 6.07 Å². The molecule has 0 aliphatic carbocycles. The zero-order valence-corrected chi connectivity index (χ0v) is 13.4. The molecular weight excluding hydrogens is 312 g/mol. The Bertz CT molecular complexity index is 554. The van der Waals surface area contributed by atoms with Crippen LogP contribution in [0.15, 0.2) is 53.0 Å². The smallest absolute Gasteiger partial charge is 0.0242 e. The molecule has 106 valence electrons. The van der Waals surface area contributed by atoms with Gasteiger partial charge in [-0.05, 0) is 36.2 Å². The number of nitrogens with zero attached hydrogens (tertiary/aromatic N) is 1. The summed E-state index contributed by atoms with van der Waals surface area (Å²) >= 11 is 3.60. The largest absolute Gasteiger partial charge is 0.326 e. The number of hydrogen-bond acceptors (Lipinski definition) is 2. The fraction of sp³-hybridized carbons (Fsp3) is 0.294. The summed E-state index contributed by atoms with van der Waals surface area (Å²) in [5.74, 6) is 0. The second-order valence-corrected chi connectivity index (χ2v) is 5.91. The Labute approximate surface area is 129 Å². The number of benzene rings is 2. The molecule has 0 amide bonds. The average molecular weight is 333 g/mol. The fourth-order valence-corrected chi connectivity index (χ4v) is 2.72. The van der Waals surface area contributed by atoms with Crippen molar-refractivity contribution in [2.24, 2.45) is 5.73 Å². The lowest BCUT2D eigenvalue weighted by Gasteiger charge is -2.18. The van der Waals surface area contributed by atoms with Crippen molar-refractivity contribution in [2.75, 3.05) is 13.6 Å². The van der Waals surface area contributed by atoms with E-state index in [1.165, 1.54) is 21.2 Å². The Balaban J connectivity index is 1.92. The first-order chi connectivity index (χ1) is 9.70. The van der Waals surface area contributed by atoms with Crippen LogP contribution in [-0.4, -0.2) is 18.5 Å². The maximum Gasteiger partial charge on any atom is 0.0242 e. The highest BCUT2D eigenvalue weighted by atomic mass is 79.9. The number of likely N-dealkylation sites (N-methyl/N-ethyl adjacent to an activating group) is 1. The van der Waals surface area contributed by atoms with E-state index >= 15 is 0 Å². The fourth-order valence-electron chi connectivity index (χ4n) is 2.31. The zero-order valence-electron chi connectivity index (χ0n) is 11.8. The molecule has 0 atom stereocenters. The molecule has 0 aliphatic heterocycles. The predicted molar refractivity (Wildman–Crippen MR) is 88.5 cm³/mol. The van der Waals surface area contributed by atoms with Crippen molar-refractivity contribution in [1.82, 2.24) is 4.90 Å². The lowest BCUT2D eigenvalue weighted by Crippen LogP contribution is -2.21. The number of halogens is 1. The molecule has 0 radical (unpaired) electrons. The topological polar surface area (TPSA) is 29.3 Å². The molecule has 20 heavy (non-hydrogen) atoms. The molecule has 3 heteroatoms. The molecular formula is C17H21BrN2. The van der Waals surface area contributed by atoms with Gasteiger partial charge in [-0.1, -0.05) is 58.4 Å². The van der Waals surface area contributed by atoms with Crippen LogP contribution in [0.25, 0.3) is 0 Å². The molecule has 2 rings (SSSR count). The van der Waals surface area contributed by atoms with Gasteiger partial charge in [-0.3, -0.25) is 0 Å². The van der Waals surface area contributed by atoms with Crippen molar-refractivity contribution >= 4 is 15.9 Å². The molecule has 2 aromatic carbocycles. The van der Waals surface area contributed by atoms with E-state index in [4.69, 9.17) is 5.73 Å². The van der Waals surface area contributed by atoms with Crippen LogP contribution >= 0.6 is 15.9 Å². The molecule has 0 bridgehead atoms. The Morgan fingerprint density at radius 2 is 1.55 bits per heavy atom. The second-order valence-electron chi connectivity index (χ2n) is 5.05. The minimum atomic E-state index is 0.615. The highest BCUT2D eigenvalue weighted by Gasteiger charge is 2.05. The Morgan fingerprint density at radius 3 is 2.20 bits per heavy atom. The second kappa shape index (κ2) is 7.58. The van der Waals surface area contributed by atoms with E-state index in [9.17, 15) is 0 Å². The third-order valence-electron chi connectivity index (χ3n) is 3.50. The van der Waals surface area contributed by atoms with Gasteiger partial charge in [0.25, 0.3) is 0 Å². The molecule has 0 aromatic heterocycles. The summed E-state index contributed by atoms with van der Waals surface area (Å²) in [5, 5.41) is 0. The maximum atomic E-state index is 5.78. The van der Waals surface area contributed by atoms with Crippen LogP contribution in [0.1, 0.15) is 16.7 Å². The van der Waals surface area contributed by atoms with Crippen molar-refractivity contribution in [3.63, 3.8) is 0 Å². The van der Waals surface area contributed by atoms with Crippen molar-refractivity contribution in [3.05, 3.63) is 69.7 Å². The number of hydrogen-bond donors (Lipinski definition) is 1. The van der Waals surface area contributed by atoms with E-state index in [2.05, 4.69) is 70.3 Å². The molecule has 0 spiro atoms. The summed E-state index contributed by atoms with van der Waals surface area (Å²) in [4.78, 5) is 2.34. The summed E-state index contributed by atoms with van der Waals surface area (Å²) in [5.41, 5.74) is 9.71. The van der Waals surface area contributed by atoms with E-state index in [1.54, 1.807) is 0 Å². The van der Waals surface area contributed by atoms with Gasteiger partial charge in [0.15, 0.2) is 0 Å². The predicted octanol–water partition coefficient (Wildman–Crippen LogP) is 3.58. The van der Waals surface area contributed by atoms with Crippen LogP contribution < -0.4 is 5.73 Å². The van der Waals surface area contributed by atoms with E-state index in [0.29, 0.717) is 6.54 Å². The van der Waals surface area contributed by atoms with Crippen LogP contribution in [-0.2, 0) is 19.5 Å². The monoisotopic (exact) mass is 332 g/mol. The van der Waals surface area contributed by atoms with Crippen LogP contribution in [0, 0.1) is 0 Å². The van der Waals surface area contributed by atoms with Gasteiger partial charge in [0.1, 0.15) is 0 Å². The van der Waals surface area contributed by atoms with Crippen LogP contribution in [0.5, 0.6) is 0 Å². The Hall–Kier alpha value is -1.16. The van der Waals surface area contributed by atoms with Crippen molar-refractivity contribution < 1.29 is 0 Å². The maximum absolute atomic E-state index is 5.78. The van der Waals surface area contributed by atoms with Gasteiger partial charge < -0.3 is 10.6 Å². The SMILES string of the molecule is CN(CCc1ccccc1CN)Cc1ccccc1Br. The minimum Gasteiger partial charge on any atom is -0.326 e. The minimum absolute atomic E-state index is 0.615. The third-order valence-corrected chi connectivity index (χ3v) is 4.27. The van der Waals surface area contributed by atoms with Gasteiger partial charge in [-0.25, -0.2) is 0 Å². The molecule has 0 fully saturated rings. The highest BCUT2D eigenvalue weighted by Crippen LogP contribution is 2.17. The Kier molecular flexibility index (Phi) is 5.77. The first-order valence-electron chi connectivity index (χ1n) is 6.89. The summed E-state index contributed by atoms with van der Waals surface area (Å²) in [6.07, 6.45) is 1.04. The molecule has 0 saturated heterocycles. The standard InChI is InChI=1S/C17H21BrN2/c1-20(13-16-8-4-5-9-17(16)18)11-10-14-6-2-3-7-15(14)12-19/h2-9H,10-13,19H2,1H3. The van der Waals surface area contributed by atoms with Gasteiger partial charge >= 0.3 is 0 Å². The summed E-state index contributed by atoms with van der Waals surface area (Å²) in [6, 6.07) is 16.8. The van der Waals surface area contributed by atoms with E-state index < -0.39 is 0 Å². The number of nitrogens with two attached hydrogens (primary N) is 1. The van der Waals surface area contributed by atoms with Gasteiger partial charge in [0.2, 0.25) is 0 Å². The van der Waals surface area contributed by atoms with Gasteiger partial charge in [-0.15, -0.1) is 0 Å². The van der Waals surface area contributed by atoms with Crippen LogP contribution in [0.2, 0.25) is 0 Å². The quantitative estimate of drug-likeness (QED) is 0.875. The highest BCUT2D eigenvalue weighted by molar-refractivity contribution is 9.10. The molecule has 0 unspecified atom stereocenters. The molecule has 2 aromatic rings. The van der Waals surface area contributed by atoms with Crippen molar-refractivity contribution in [2.45, 2.75) is 19.5 Å². The first kappa shape index (κ1) is 15.2. The third kappa shape index (κ3) is 4.17. The van der Waals surface area contributed by atoms with E-state index in [-0.39, 0.29) is 0 Å². The van der Waals surface area contributed by atoms with E-state index in [0.717, 1.165) is 19.5 Å². The van der Waals surface area contributed by atoms with Gasteiger partial charge in [0, 0.05) is 24.1 Å².